The summed E-state index contributed by atoms with van der Waals surface area (Å²) in [4.78, 5) is 11.8. The largest absolute Gasteiger partial charge is 0.489 e. The molecule has 3 aromatic rings. The van der Waals surface area contributed by atoms with Crippen LogP contribution in [0.1, 0.15) is 29.5 Å². The summed E-state index contributed by atoms with van der Waals surface area (Å²) < 4.78 is 11.1. The number of ether oxygens (including phenoxy) is 2. The normalized spacial score (nSPS) is 10.4. The van der Waals surface area contributed by atoms with Gasteiger partial charge < -0.3 is 9.47 Å². The monoisotopic (exact) mass is 360 g/mol. The van der Waals surface area contributed by atoms with Gasteiger partial charge in [-0.3, -0.25) is 4.79 Å². The highest BCUT2D eigenvalue weighted by molar-refractivity contribution is 5.69. The zero-order valence-electron chi connectivity index (χ0n) is 15.3. The van der Waals surface area contributed by atoms with Gasteiger partial charge in [0.15, 0.2) is 0 Å². The minimum Gasteiger partial charge on any atom is -0.489 e. The third-order valence-electron chi connectivity index (χ3n) is 4.26. The molecule has 0 radical (unpaired) electrons. The Hall–Kier alpha value is -3.07. The maximum absolute atomic E-state index is 11.8. The van der Waals surface area contributed by atoms with Gasteiger partial charge in [-0.15, -0.1) is 0 Å². The predicted molar refractivity (Wildman–Crippen MR) is 106 cm³/mol. The van der Waals surface area contributed by atoms with Crippen molar-refractivity contribution < 1.29 is 14.3 Å². The minimum atomic E-state index is -0.151. The Labute approximate surface area is 160 Å². The van der Waals surface area contributed by atoms with Crippen LogP contribution < -0.4 is 4.74 Å². The topological polar surface area (TPSA) is 35.5 Å². The van der Waals surface area contributed by atoms with Crippen molar-refractivity contribution in [2.24, 2.45) is 0 Å². The number of hydrogen-bond acceptors (Lipinski definition) is 3. The lowest BCUT2D eigenvalue weighted by molar-refractivity contribution is -0.145. The molecule has 0 bridgehead atoms. The van der Waals surface area contributed by atoms with Crippen LogP contribution in [0.25, 0.3) is 0 Å². The SMILES string of the molecule is O=C(CCCc1ccc(OCc2ccccc2)cc1)OCc1ccccc1. The van der Waals surface area contributed by atoms with E-state index in [1.807, 2.05) is 72.8 Å². The molecule has 0 spiro atoms. The van der Waals surface area contributed by atoms with E-state index in [9.17, 15) is 4.79 Å². The van der Waals surface area contributed by atoms with Gasteiger partial charge in [-0.25, -0.2) is 0 Å². The number of carbonyl (C=O) groups excluding carboxylic acids is 1. The van der Waals surface area contributed by atoms with Gasteiger partial charge in [-0.05, 0) is 41.7 Å². The standard InChI is InChI=1S/C24H24O3/c25-24(27-19-22-10-5-2-6-11-22)13-7-12-20-14-16-23(17-15-20)26-18-21-8-3-1-4-9-21/h1-6,8-11,14-17H,7,12-13,18-19H2. The van der Waals surface area contributed by atoms with Crippen LogP contribution in [-0.4, -0.2) is 5.97 Å². The molecule has 0 aromatic heterocycles. The number of rotatable bonds is 9. The molecular formula is C24H24O3. The molecule has 3 aromatic carbocycles. The Morgan fingerprint density at radius 1 is 0.667 bits per heavy atom. The summed E-state index contributed by atoms with van der Waals surface area (Å²) in [5, 5.41) is 0. The van der Waals surface area contributed by atoms with Crippen LogP contribution in [0.15, 0.2) is 84.9 Å². The molecule has 0 fully saturated rings. The lowest BCUT2D eigenvalue weighted by Crippen LogP contribution is -2.05. The number of benzene rings is 3. The minimum absolute atomic E-state index is 0.151. The lowest BCUT2D eigenvalue weighted by Gasteiger charge is -2.08. The van der Waals surface area contributed by atoms with Crippen molar-refractivity contribution >= 4 is 5.97 Å². The molecule has 3 nitrogen and oxygen atoms in total. The van der Waals surface area contributed by atoms with Crippen LogP contribution in [-0.2, 0) is 29.2 Å². The smallest absolute Gasteiger partial charge is 0.306 e. The van der Waals surface area contributed by atoms with E-state index >= 15 is 0 Å². The van der Waals surface area contributed by atoms with Crippen LogP contribution in [0.3, 0.4) is 0 Å². The van der Waals surface area contributed by atoms with Crippen molar-refractivity contribution in [1.82, 2.24) is 0 Å². The quantitative estimate of drug-likeness (QED) is 0.484. The van der Waals surface area contributed by atoms with E-state index in [0.29, 0.717) is 19.6 Å². The lowest BCUT2D eigenvalue weighted by atomic mass is 10.1. The van der Waals surface area contributed by atoms with E-state index in [2.05, 4.69) is 12.1 Å². The van der Waals surface area contributed by atoms with Crippen LogP contribution in [0.2, 0.25) is 0 Å². The van der Waals surface area contributed by atoms with Gasteiger partial charge in [0.1, 0.15) is 19.0 Å². The van der Waals surface area contributed by atoms with E-state index < -0.39 is 0 Å². The van der Waals surface area contributed by atoms with E-state index in [1.54, 1.807) is 0 Å². The molecule has 0 saturated carbocycles. The van der Waals surface area contributed by atoms with Crippen molar-refractivity contribution in [1.29, 1.82) is 0 Å². The summed E-state index contributed by atoms with van der Waals surface area (Å²) in [6.07, 6.45) is 2.05. The Kier molecular flexibility index (Phi) is 7.05. The van der Waals surface area contributed by atoms with Gasteiger partial charge in [-0.2, -0.15) is 0 Å². The summed E-state index contributed by atoms with van der Waals surface area (Å²) in [5.41, 5.74) is 3.35. The van der Waals surface area contributed by atoms with Crippen LogP contribution in [0, 0.1) is 0 Å². The molecule has 27 heavy (non-hydrogen) atoms. The first-order valence-corrected chi connectivity index (χ1v) is 9.25. The summed E-state index contributed by atoms with van der Waals surface area (Å²) >= 11 is 0. The molecule has 0 aliphatic carbocycles. The van der Waals surface area contributed by atoms with Gasteiger partial charge >= 0.3 is 5.97 Å². The maximum atomic E-state index is 11.8. The average Bonchev–Trinajstić information content (AvgIpc) is 2.73. The Balaban J connectivity index is 1.35. The molecular weight excluding hydrogens is 336 g/mol. The van der Waals surface area contributed by atoms with Gasteiger partial charge in [0.25, 0.3) is 0 Å². The Morgan fingerprint density at radius 2 is 1.26 bits per heavy atom. The summed E-state index contributed by atoms with van der Waals surface area (Å²) in [5.74, 6) is 0.701. The third kappa shape index (κ3) is 6.63. The summed E-state index contributed by atoms with van der Waals surface area (Å²) in [7, 11) is 0. The first-order valence-electron chi connectivity index (χ1n) is 9.25. The van der Waals surface area contributed by atoms with Crippen molar-refractivity contribution in [3.63, 3.8) is 0 Å². The zero-order valence-corrected chi connectivity index (χ0v) is 15.3. The first kappa shape index (κ1) is 18.7. The second kappa shape index (κ2) is 10.2. The van der Waals surface area contributed by atoms with E-state index in [-0.39, 0.29) is 5.97 Å². The van der Waals surface area contributed by atoms with E-state index in [1.165, 1.54) is 5.56 Å². The predicted octanol–water partition coefficient (Wildman–Crippen LogP) is 5.33. The van der Waals surface area contributed by atoms with Crippen molar-refractivity contribution in [2.75, 3.05) is 0 Å². The third-order valence-corrected chi connectivity index (χ3v) is 4.26. The highest BCUT2D eigenvalue weighted by atomic mass is 16.5. The molecule has 3 rings (SSSR count). The summed E-state index contributed by atoms with van der Waals surface area (Å²) in [6, 6.07) is 27.9. The molecule has 0 amide bonds. The molecule has 0 saturated heterocycles. The van der Waals surface area contributed by atoms with E-state index in [0.717, 1.165) is 29.7 Å². The first-order chi connectivity index (χ1) is 13.3. The fourth-order valence-electron chi connectivity index (χ4n) is 2.74. The zero-order chi connectivity index (χ0) is 18.7. The number of esters is 1. The van der Waals surface area contributed by atoms with Crippen molar-refractivity contribution in [3.05, 3.63) is 102 Å². The molecule has 0 aliphatic heterocycles. The second-order valence-electron chi connectivity index (χ2n) is 6.42. The van der Waals surface area contributed by atoms with Crippen molar-refractivity contribution in [3.8, 4) is 5.75 Å². The Morgan fingerprint density at radius 3 is 1.89 bits per heavy atom. The van der Waals surface area contributed by atoms with E-state index in [4.69, 9.17) is 9.47 Å². The van der Waals surface area contributed by atoms with Crippen LogP contribution in [0.5, 0.6) is 5.75 Å². The van der Waals surface area contributed by atoms with Crippen molar-refractivity contribution in [2.45, 2.75) is 32.5 Å². The molecule has 3 heteroatoms. The Bertz CT molecular complexity index is 811. The number of carbonyl (C=O) groups is 1. The maximum Gasteiger partial charge on any atom is 0.306 e. The molecule has 138 valence electrons. The van der Waals surface area contributed by atoms with Crippen LogP contribution in [0.4, 0.5) is 0 Å². The highest BCUT2D eigenvalue weighted by Crippen LogP contribution is 2.16. The number of hydrogen-bond donors (Lipinski definition) is 0. The van der Waals surface area contributed by atoms with Gasteiger partial charge in [0.2, 0.25) is 0 Å². The molecule has 0 aliphatic rings. The van der Waals surface area contributed by atoms with Crippen LogP contribution >= 0.6 is 0 Å². The molecule has 0 N–H and O–H groups in total. The average molecular weight is 360 g/mol. The molecule has 0 atom stereocenters. The van der Waals surface area contributed by atoms with Gasteiger partial charge in [0, 0.05) is 6.42 Å². The van der Waals surface area contributed by atoms with Gasteiger partial charge in [0.05, 0.1) is 0 Å². The summed E-state index contributed by atoms with van der Waals surface area (Å²) in [6.45, 7) is 0.903. The fraction of sp³-hybridized carbons (Fsp3) is 0.208. The number of aryl methyl sites for hydroxylation is 1. The second-order valence-corrected chi connectivity index (χ2v) is 6.42. The molecule has 0 heterocycles. The fourth-order valence-corrected chi connectivity index (χ4v) is 2.74. The van der Waals surface area contributed by atoms with Gasteiger partial charge in [-0.1, -0.05) is 72.8 Å². The molecule has 0 unspecified atom stereocenters. The highest BCUT2D eigenvalue weighted by Gasteiger charge is 2.04.